The van der Waals surface area contributed by atoms with Crippen LogP contribution < -0.4 is 32.3 Å². The first kappa shape index (κ1) is 37.4. The first-order valence-electron chi connectivity index (χ1n) is 14.9. The van der Waals surface area contributed by atoms with Gasteiger partial charge >= 0.3 is 5.92 Å². The first-order chi connectivity index (χ1) is 22.8. The number of nitrogens with zero attached hydrogens (tertiary/aromatic N) is 1. The number of nitrogens with one attached hydrogen (secondary N) is 5. The van der Waals surface area contributed by atoms with Crippen molar-refractivity contribution in [2.45, 2.75) is 44.2 Å². The molecule has 0 heterocycles. The number of fused-ring (bicyclic) bond motifs is 1. The van der Waals surface area contributed by atoms with E-state index in [0.29, 0.717) is 34.2 Å². The van der Waals surface area contributed by atoms with Crippen LogP contribution in [0.5, 0.6) is 0 Å². The van der Waals surface area contributed by atoms with Gasteiger partial charge < -0.3 is 37.1 Å². The zero-order chi connectivity index (χ0) is 35.4. The Labute approximate surface area is 274 Å². The minimum absolute atomic E-state index is 0.0658. The maximum absolute atomic E-state index is 14.6. The van der Waals surface area contributed by atoms with Crippen molar-refractivity contribution in [3.63, 3.8) is 0 Å². The van der Waals surface area contributed by atoms with E-state index in [1.54, 1.807) is 37.3 Å². The summed E-state index contributed by atoms with van der Waals surface area (Å²) in [6.07, 6.45) is 0.566. The molecule has 3 rings (SSSR count). The Kier molecular flexibility index (Phi) is 13.4. The summed E-state index contributed by atoms with van der Waals surface area (Å²) in [6, 6.07) is 7.88. The van der Waals surface area contributed by atoms with Crippen LogP contribution in [0.15, 0.2) is 48.0 Å². The summed E-state index contributed by atoms with van der Waals surface area (Å²) in [6.45, 7) is 5.54. The molecule has 0 spiro atoms. The van der Waals surface area contributed by atoms with Crippen molar-refractivity contribution in [2.75, 3.05) is 33.0 Å². The van der Waals surface area contributed by atoms with Crippen molar-refractivity contribution in [3.8, 4) is 0 Å². The lowest BCUT2D eigenvalue weighted by molar-refractivity contribution is -0.155. The molecule has 48 heavy (non-hydrogen) atoms. The largest absolute Gasteiger partial charge is 0.354 e. The van der Waals surface area contributed by atoms with Crippen LogP contribution in [0.1, 0.15) is 28.7 Å². The second kappa shape index (κ2) is 17.2. The van der Waals surface area contributed by atoms with Gasteiger partial charge in [-0.05, 0) is 48.7 Å². The summed E-state index contributed by atoms with van der Waals surface area (Å²) in [5.41, 5.74) is 7.86. The summed E-state index contributed by atoms with van der Waals surface area (Å²) in [5.74, 6) is -8.85. The van der Waals surface area contributed by atoms with E-state index in [-0.39, 0.29) is 25.1 Å². The van der Waals surface area contributed by atoms with Crippen molar-refractivity contribution >= 4 is 47.5 Å². The van der Waals surface area contributed by atoms with Crippen LogP contribution in [0.2, 0.25) is 0 Å². The number of carbonyl (C=O) groups excluding carboxylic acids is 5. The lowest BCUT2D eigenvalue weighted by Gasteiger charge is -2.31. The number of hydrogen-bond acceptors (Lipinski definition) is 8. The van der Waals surface area contributed by atoms with E-state index in [1.165, 1.54) is 6.07 Å². The molecule has 258 valence electrons. The van der Waals surface area contributed by atoms with Crippen LogP contribution in [0.25, 0.3) is 5.57 Å². The van der Waals surface area contributed by atoms with Crippen molar-refractivity contribution < 1.29 is 41.9 Å². The monoisotopic (exact) mass is 673 g/mol. The molecule has 0 aliphatic heterocycles. The molecular weight excluding hydrogens is 635 g/mol. The van der Waals surface area contributed by atoms with Gasteiger partial charge in [0.1, 0.15) is 25.2 Å². The minimum atomic E-state index is -3.98. The third kappa shape index (κ3) is 10.2. The molecule has 0 bridgehead atoms. The number of aliphatic imine (C=N–C) groups is 1. The quantitative estimate of drug-likeness (QED) is 0.0851. The Morgan fingerprint density at radius 3 is 2.42 bits per heavy atom. The van der Waals surface area contributed by atoms with Crippen LogP contribution in [-0.2, 0) is 41.6 Å². The molecule has 0 saturated heterocycles. The zero-order valence-electron chi connectivity index (χ0n) is 26.3. The maximum atomic E-state index is 14.6. The smallest absolute Gasteiger partial charge is 0.347 e. The second-order valence-corrected chi connectivity index (χ2v) is 10.9. The Morgan fingerprint density at radius 1 is 1.06 bits per heavy atom. The Morgan fingerprint density at radius 2 is 1.75 bits per heavy atom. The number of carbonyl (C=O) groups is 5. The van der Waals surface area contributed by atoms with Crippen LogP contribution in [0.4, 0.5) is 18.9 Å². The maximum Gasteiger partial charge on any atom is 0.347 e. The number of rotatable bonds is 16. The summed E-state index contributed by atoms with van der Waals surface area (Å²) >= 11 is 0. The third-order valence-electron chi connectivity index (χ3n) is 7.51. The highest BCUT2D eigenvalue weighted by atomic mass is 19.3. The fourth-order valence-corrected chi connectivity index (χ4v) is 4.93. The number of alkyl halides is 2. The highest BCUT2D eigenvalue weighted by Crippen LogP contribution is 2.39. The van der Waals surface area contributed by atoms with Gasteiger partial charge in [-0.15, -0.1) is 0 Å². The molecule has 7 N–H and O–H groups in total. The molecule has 0 fully saturated rings. The summed E-state index contributed by atoms with van der Waals surface area (Å²) in [4.78, 5) is 65.0. The van der Waals surface area contributed by atoms with Crippen molar-refractivity contribution in [1.82, 2.24) is 26.6 Å². The van der Waals surface area contributed by atoms with E-state index in [4.69, 9.17) is 10.5 Å². The SMILES string of the molecule is C=Nc1cc(F)c(C)c2c1C(=C)[C@@H](NC(=O)C(F)(F)COCNC(=O)CNC(=O)[C@H](Cc1ccccc1)NC(=O)CNC(=O)CN)CC2. The van der Waals surface area contributed by atoms with E-state index in [0.717, 1.165) is 0 Å². The molecule has 2 atom stereocenters. The lowest BCUT2D eigenvalue weighted by Crippen LogP contribution is -2.52. The molecule has 0 unspecified atom stereocenters. The molecule has 2 aromatic carbocycles. The number of benzene rings is 2. The highest BCUT2D eigenvalue weighted by Gasteiger charge is 2.41. The van der Waals surface area contributed by atoms with Crippen molar-refractivity contribution in [3.05, 3.63) is 71.0 Å². The minimum Gasteiger partial charge on any atom is -0.354 e. The van der Waals surface area contributed by atoms with E-state index < -0.39 is 79.8 Å². The van der Waals surface area contributed by atoms with Gasteiger partial charge in [-0.25, -0.2) is 4.39 Å². The normalized spacial score (nSPS) is 14.6. The van der Waals surface area contributed by atoms with Gasteiger partial charge in [0.2, 0.25) is 23.6 Å². The highest BCUT2D eigenvalue weighted by molar-refractivity contribution is 5.92. The molecule has 2 aromatic rings. The predicted octanol–water partition coefficient (Wildman–Crippen LogP) is 0.555. The summed E-state index contributed by atoms with van der Waals surface area (Å²) < 4.78 is 48.4. The van der Waals surface area contributed by atoms with Gasteiger partial charge in [0.25, 0.3) is 5.91 Å². The molecule has 0 radical (unpaired) electrons. The fraction of sp³-hybridized carbons (Fsp3) is 0.375. The van der Waals surface area contributed by atoms with Gasteiger partial charge in [0.05, 0.1) is 31.4 Å². The van der Waals surface area contributed by atoms with Gasteiger partial charge in [0, 0.05) is 18.1 Å². The molecule has 16 heteroatoms. The standard InChI is InChI=1S/C32H38F3N7O6/c1-18-21-9-10-23(19(2)29(21)24(37-3)12-22(18)33)42-31(47)32(34,35)16-48-17-40-27(44)14-39-30(46)25(11-20-7-5-4-6-8-20)41-28(45)15-38-26(43)13-36/h4-8,12,23,25H,2-3,9-11,13-17,36H2,1H3,(H,38,43)(H,39,46)(H,40,44)(H,41,45)(H,42,47)/t23-,25-/m0/s1. The predicted molar refractivity (Wildman–Crippen MR) is 171 cm³/mol. The number of nitrogens with two attached hydrogens (primary N) is 1. The lowest BCUT2D eigenvalue weighted by atomic mass is 9.81. The molecule has 5 amide bonds. The molecule has 13 nitrogen and oxygen atoms in total. The third-order valence-corrected chi connectivity index (χ3v) is 7.51. The fourth-order valence-electron chi connectivity index (χ4n) is 4.93. The van der Waals surface area contributed by atoms with Gasteiger partial charge in [0.15, 0.2) is 0 Å². The van der Waals surface area contributed by atoms with Crippen molar-refractivity contribution in [1.29, 1.82) is 0 Å². The molecule has 1 aliphatic carbocycles. The Hall–Kier alpha value is -5.09. The second-order valence-electron chi connectivity index (χ2n) is 10.9. The molecule has 1 aliphatic rings. The molecule has 0 aromatic heterocycles. The van der Waals surface area contributed by atoms with Crippen LogP contribution in [0.3, 0.4) is 0 Å². The van der Waals surface area contributed by atoms with Crippen LogP contribution >= 0.6 is 0 Å². The van der Waals surface area contributed by atoms with E-state index in [2.05, 4.69) is 44.9 Å². The van der Waals surface area contributed by atoms with Crippen LogP contribution in [0, 0.1) is 12.7 Å². The summed E-state index contributed by atoms with van der Waals surface area (Å²) in [7, 11) is 0. The zero-order valence-corrected chi connectivity index (χ0v) is 26.3. The number of amides is 5. The van der Waals surface area contributed by atoms with Gasteiger partial charge in [-0.3, -0.25) is 29.0 Å². The van der Waals surface area contributed by atoms with Gasteiger partial charge in [-0.1, -0.05) is 36.9 Å². The Bertz CT molecular complexity index is 1550. The number of halogens is 3. The molecule has 0 saturated carbocycles. The Balaban J connectivity index is 1.46. The number of hydrogen-bond donors (Lipinski definition) is 6. The van der Waals surface area contributed by atoms with E-state index in [1.807, 2.05) is 0 Å². The average molecular weight is 674 g/mol. The number of ether oxygens (including phenoxy) is 1. The van der Waals surface area contributed by atoms with Crippen molar-refractivity contribution in [2.24, 2.45) is 10.7 Å². The first-order valence-corrected chi connectivity index (χ1v) is 14.9. The van der Waals surface area contributed by atoms with Gasteiger partial charge in [-0.2, -0.15) is 8.78 Å². The average Bonchev–Trinajstić information content (AvgIpc) is 3.07. The van der Waals surface area contributed by atoms with E-state index in [9.17, 15) is 37.1 Å². The van der Waals surface area contributed by atoms with Crippen LogP contribution in [-0.4, -0.2) is 87.2 Å². The summed E-state index contributed by atoms with van der Waals surface area (Å²) in [5, 5.41) is 11.6. The van der Waals surface area contributed by atoms with E-state index >= 15 is 0 Å². The molecular formula is C32H38F3N7O6. The topological polar surface area (TPSA) is 193 Å².